The van der Waals surface area contributed by atoms with E-state index < -0.39 is 0 Å². The van der Waals surface area contributed by atoms with Gasteiger partial charge in [0.2, 0.25) is 5.75 Å². The number of methoxy groups -OCH3 is 2. The Labute approximate surface area is 102 Å². The second kappa shape index (κ2) is 5.27. The highest BCUT2D eigenvalue weighted by Crippen LogP contribution is 2.37. The summed E-state index contributed by atoms with van der Waals surface area (Å²) in [7, 11) is 3.10. The lowest BCUT2D eigenvalue weighted by Gasteiger charge is -2.13. The maximum Gasteiger partial charge on any atom is 0.200 e. The maximum atomic E-state index is 9.81. The van der Waals surface area contributed by atoms with Crippen LogP contribution in [0.3, 0.4) is 0 Å². The van der Waals surface area contributed by atoms with E-state index in [0.29, 0.717) is 17.4 Å². The predicted octanol–water partition coefficient (Wildman–Crippen LogP) is 1.56. The third kappa shape index (κ3) is 2.64. The van der Waals surface area contributed by atoms with E-state index in [4.69, 9.17) is 9.47 Å². The molecule has 1 atom stereocenters. The lowest BCUT2D eigenvalue weighted by Crippen LogP contribution is -2.10. The molecule has 0 spiro atoms. The summed E-state index contributed by atoms with van der Waals surface area (Å²) in [5.74, 6) is 1.69. The second-order valence-electron chi connectivity index (χ2n) is 4.41. The molecule has 17 heavy (non-hydrogen) atoms. The van der Waals surface area contributed by atoms with Gasteiger partial charge in [0, 0.05) is 0 Å². The van der Waals surface area contributed by atoms with Crippen molar-refractivity contribution in [3.05, 3.63) is 17.7 Å². The molecule has 4 heteroatoms. The summed E-state index contributed by atoms with van der Waals surface area (Å²) in [5.41, 5.74) is 1.14. The third-order valence-corrected chi connectivity index (χ3v) is 3.23. The van der Waals surface area contributed by atoms with Crippen molar-refractivity contribution in [2.45, 2.75) is 12.8 Å². The number of benzene rings is 1. The minimum Gasteiger partial charge on any atom is -0.502 e. The molecule has 0 aliphatic carbocycles. The number of rotatable bonds is 4. The number of aromatic hydroxyl groups is 1. The summed E-state index contributed by atoms with van der Waals surface area (Å²) in [5, 5.41) is 13.2. The molecule has 0 aromatic heterocycles. The Hall–Kier alpha value is -1.42. The molecule has 1 fully saturated rings. The molecule has 1 aliphatic heterocycles. The van der Waals surface area contributed by atoms with Crippen molar-refractivity contribution in [2.75, 3.05) is 27.3 Å². The average Bonchev–Trinajstić information content (AvgIpc) is 2.84. The van der Waals surface area contributed by atoms with Gasteiger partial charge in [-0.25, -0.2) is 0 Å². The predicted molar refractivity (Wildman–Crippen MR) is 65.9 cm³/mol. The lowest BCUT2D eigenvalue weighted by atomic mass is 9.98. The molecule has 2 rings (SSSR count). The van der Waals surface area contributed by atoms with Gasteiger partial charge >= 0.3 is 0 Å². The first kappa shape index (κ1) is 12.0. The Balaban J connectivity index is 2.21. The van der Waals surface area contributed by atoms with Crippen LogP contribution >= 0.6 is 0 Å². The first-order valence-electron chi connectivity index (χ1n) is 5.89. The topological polar surface area (TPSA) is 50.7 Å². The highest BCUT2D eigenvalue weighted by atomic mass is 16.5. The molecule has 0 bridgehead atoms. The van der Waals surface area contributed by atoms with Crippen molar-refractivity contribution in [2.24, 2.45) is 5.92 Å². The highest BCUT2D eigenvalue weighted by Gasteiger charge is 2.17. The van der Waals surface area contributed by atoms with E-state index in [1.54, 1.807) is 14.2 Å². The molecule has 1 unspecified atom stereocenters. The largest absolute Gasteiger partial charge is 0.502 e. The van der Waals surface area contributed by atoms with Crippen LogP contribution < -0.4 is 14.8 Å². The zero-order chi connectivity index (χ0) is 12.3. The van der Waals surface area contributed by atoms with Crippen molar-refractivity contribution in [3.8, 4) is 17.2 Å². The van der Waals surface area contributed by atoms with Crippen LogP contribution in [0.1, 0.15) is 12.0 Å². The molecule has 1 heterocycles. The third-order valence-electron chi connectivity index (χ3n) is 3.23. The van der Waals surface area contributed by atoms with Crippen molar-refractivity contribution in [1.82, 2.24) is 5.32 Å². The van der Waals surface area contributed by atoms with Gasteiger partial charge in [0.1, 0.15) is 0 Å². The standard InChI is InChI=1S/C13H19NO3/c1-16-11-6-10(5-9-3-4-14-8-9)7-12(17-2)13(11)15/h6-7,9,14-15H,3-5,8H2,1-2H3. The fourth-order valence-electron chi connectivity index (χ4n) is 2.29. The lowest BCUT2D eigenvalue weighted by molar-refractivity contribution is 0.338. The first-order valence-corrected chi connectivity index (χ1v) is 5.89. The Morgan fingerprint density at radius 3 is 2.41 bits per heavy atom. The molecule has 0 amide bonds. The number of ether oxygens (including phenoxy) is 2. The molecule has 1 saturated heterocycles. The number of hydrogen-bond donors (Lipinski definition) is 2. The number of phenolic OH excluding ortho intramolecular Hbond substituents is 1. The SMILES string of the molecule is COc1cc(CC2CCNC2)cc(OC)c1O. The van der Waals surface area contributed by atoms with Gasteiger partial charge in [-0.3, -0.25) is 0 Å². The van der Waals surface area contributed by atoms with Gasteiger partial charge in [-0.05, 0) is 49.5 Å². The molecular weight excluding hydrogens is 218 g/mol. The molecule has 0 radical (unpaired) electrons. The van der Waals surface area contributed by atoms with Crippen LogP contribution in [0.5, 0.6) is 17.2 Å². The van der Waals surface area contributed by atoms with E-state index in [2.05, 4.69) is 5.32 Å². The van der Waals surface area contributed by atoms with E-state index in [1.165, 1.54) is 6.42 Å². The Morgan fingerprint density at radius 2 is 1.94 bits per heavy atom. The quantitative estimate of drug-likeness (QED) is 0.834. The van der Waals surface area contributed by atoms with Crippen LogP contribution in [0, 0.1) is 5.92 Å². The fraction of sp³-hybridized carbons (Fsp3) is 0.538. The van der Waals surface area contributed by atoms with Crippen molar-refractivity contribution >= 4 is 0 Å². The minimum absolute atomic E-state index is 0.0725. The molecule has 1 aliphatic rings. The summed E-state index contributed by atoms with van der Waals surface area (Å²) in [4.78, 5) is 0. The number of hydrogen-bond acceptors (Lipinski definition) is 4. The molecule has 1 aromatic carbocycles. The van der Waals surface area contributed by atoms with Gasteiger partial charge in [-0.15, -0.1) is 0 Å². The minimum atomic E-state index is 0.0725. The van der Waals surface area contributed by atoms with Gasteiger partial charge in [0.05, 0.1) is 14.2 Å². The van der Waals surface area contributed by atoms with Gasteiger partial charge in [0.25, 0.3) is 0 Å². The van der Waals surface area contributed by atoms with E-state index in [0.717, 1.165) is 25.1 Å². The van der Waals surface area contributed by atoms with Crippen molar-refractivity contribution in [3.63, 3.8) is 0 Å². The second-order valence-corrected chi connectivity index (χ2v) is 4.41. The van der Waals surface area contributed by atoms with Crippen LogP contribution in [0.15, 0.2) is 12.1 Å². The fourth-order valence-corrected chi connectivity index (χ4v) is 2.29. The van der Waals surface area contributed by atoms with Gasteiger partial charge in [0.15, 0.2) is 11.5 Å². The van der Waals surface area contributed by atoms with Crippen molar-refractivity contribution in [1.29, 1.82) is 0 Å². The molecule has 1 aromatic rings. The summed E-state index contributed by atoms with van der Waals surface area (Å²) in [6.07, 6.45) is 2.19. The van der Waals surface area contributed by atoms with Gasteiger partial charge in [-0.1, -0.05) is 0 Å². The Morgan fingerprint density at radius 1 is 1.29 bits per heavy atom. The van der Waals surface area contributed by atoms with Crippen LogP contribution in [0.4, 0.5) is 0 Å². The van der Waals surface area contributed by atoms with Gasteiger partial charge < -0.3 is 19.9 Å². The van der Waals surface area contributed by atoms with Crippen molar-refractivity contribution < 1.29 is 14.6 Å². The van der Waals surface area contributed by atoms with E-state index in [1.807, 2.05) is 12.1 Å². The normalized spacial score (nSPS) is 19.3. The van der Waals surface area contributed by atoms with E-state index in [-0.39, 0.29) is 5.75 Å². The zero-order valence-electron chi connectivity index (χ0n) is 10.3. The summed E-state index contributed by atoms with van der Waals surface area (Å²) < 4.78 is 10.3. The van der Waals surface area contributed by atoms with E-state index in [9.17, 15) is 5.11 Å². The number of nitrogens with one attached hydrogen (secondary N) is 1. The molecule has 0 saturated carbocycles. The first-order chi connectivity index (χ1) is 8.24. The summed E-state index contributed by atoms with van der Waals surface area (Å²) in [6.45, 7) is 2.16. The van der Waals surface area contributed by atoms with Crippen LogP contribution in [0.25, 0.3) is 0 Å². The summed E-state index contributed by atoms with van der Waals surface area (Å²) in [6, 6.07) is 3.77. The molecular formula is C13H19NO3. The molecule has 94 valence electrons. The average molecular weight is 237 g/mol. The molecule has 4 nitrogen and oxygen atoms in total. The van der Waals surface area contributed by atoms with Crippen LogP contribution in [-0.2, 0) is 6.42 Å². The monoisotopic (exact) mass is 237 g/mol. The van der Waals surface area contributed by atoms with E-state index >= 15 is 0 Å². The van der Waals surface area contributed by atoms with Gasteiger partial charge in [-0.2, -0.15) is 0 Å². The van der Waals surface area contributed by atoms with Crippen LogP contribution in [-0.4, -0.2) is 32.4 Å². The number of phenols is 1. The smallest absolute Gasteiger partial charge is 0.200 e. The highest BCUT2D eigenvalue weighted by molar-refractivity contribution is 5.52. The van der Waals surface area contributed by atoms with Crippen LogP contribution in [0.2, 0.25) is 0 Å². The zero-order valence-corrected chi connectivity index (χ0v) is 10.3. The maximum absolute atomic E-state index is 9.81. The summed E-state index contributed by atoms with van der Waals surface area (Å²) >= 11 is 0. The Bertz CT molecular complexity index is 361. The molecule has 2 N–H and O–H groups in total. The Kier molecular flexibility index (Phi) is 3.74.